The summed E-state index contributed by atoms with van der Waals surface area (Å²) in [6.45, 7) is 0. The first kappa shape index (κ1) is 1210. The summed E-state index contributed by atoms with van der Waals surface area (Å²) >= 11 is 0. The Morgan fingerprint density at radius 1 is 0.600 bits per heavy atom. The third-order valence-corrected chi connectivity index (χ3v) is 0. The van der Waals surface area contributed by atoms with Gasteiger partial charge in [-0.15, -0.1) is 0 Å². The zero-order valence-corrected chi connectivity index (χ0v) is 1.93. The molecule has 0 atom stereocenters. The number of rotatable bonds is 0. The number of halogens is 3. The topological polar surface area (TPSA) is 35.0 Å². The molecule has 0 aliphatic heterocycles. The van der Waals surface area contributed by atoms with E-state index in [2.05, 4.69) is 0 Å². The van der Waals surface area contributed by atoms with Crippen LogP contribution in [0.2, 0.25) is 0 Å². The van der Waals surface area contributed by atoms with Crippen LogP contribution in [0.4, 0.5) is 14.1 Å². The van der Waals surface area contributed by atoms with Gasteiger partial charge in [0.15, 0.2) is 17.4 Å². The van der Waals surface area contributed by atoms with E-state index in [1.807, 2.05) is 0 Å². The summed E-state index contributed by atoms with van der Waals surface area (Å²) in [6.07, 6.45) is 0. The van der Waals surface area contributed by atoms with E-state index in [0.717, 1.165) is 0 Å². The Balaban J connectivity index is 0. The standard InChI is InChI=1S/Al.3FH.H3N.3H/h;3*1H;1H3;;;. The van der Waals surface area contributed by atoms with E-state index in [0.29, 0.717) is 0 Å². The first-order chi connectivity index (χ1) is 0. The van der Waals surface area contributed by atoms with Crippen molar-refractivity contribution in [2.24, 2.45) is 0 Å². The molecule has 0 amide bonds. The lowest BCUT2D eigenvalue weighted by Gasteiger charge is -0.344. The summed E-state index contributed by atoms with van der Waals surface area (Å²) in [5.41, 5.74) is 0. The Morgan fingerprint density at radius 3 is 0.600 bits per heavy atom. The average Bonchev–Trinajstić information content (AvgIpc) is 0. The van der Waals surface area contributed by atoms with Crippen LogP contribution in [0.5, 0.6) is 0 Å². The largest absolute Gasteiger partial charge is 0.344 e. The van der Waals surface area contributed by atoms with Gasteiger partial charge in [0.2, 0.25) is 0 Å². The molecular formula is H9AlF3N. The molecule has 0 aliphatic rings. The molecular weight excluding hydrogens is 98.0 g/mol. The monoisotopic (exact) mass is 107 g/mol. The summed E-state index contributed by atoms with van der Waals surface area (Å²) in [7, 11) is 0. The van der Waals surface area contributed by atoms with Crippen molar-refractivity contribution in [2.75, 3.05) is 0 Å². The van der Waals surface area contributed by atoms with Gasteiger partial charge in [-0.1, -0.05) is 0 Å². The molecule has 0 rings (SSSR count). The lowest BCUT2D eigenvalue weighted by atomic mass is 14.0. The van der Waals surface area contributed by atoms with Crippen molar-refractivity contribution < 1.29 is 14.1 Å². The molecule has 3 N–H and O–H groups in total. The molecule has 0 saturated heterocycles. The van der Waals surface area contributed by atoms with E-state index >= 15 is 0 Å². The van der Waals surface area contributed by atoms with Crippen LogP contribution in [0, 0.1) is 0 Å². The van der Waals surface area contributed by atoms with Gasteiger partial charge in [0, 0.05) is 0 Å². The van der Waals surface area contributed by atoms with Crippen molar-refractivity contribution in [2.45, 2.75) is 0 Å². The highest BCUT2D eigenvalue weighted by atomic mass is 27.0. The Kier molecular flexibility index (Phi) is 140000. The summed E-state index contributed by atoms with van der Waals surface area (Å²) in [5, 5.41) is 0. The number of hydrogen-bond donors (Lipinski definition) is 1. The highest BCUT2D eigenvalue weighted by Crippen LogP contribution is 0.422. The average molecular weight is 107 g/mol. The van der Waals surface area contributed by atoms with Gasteiger partial charge < -0.3 is 6.15 Å². The zero-order chi connectivity index (χ0) is 0. The third-order valence-electron chi connectivity index (χ3n) is 0. The summed E-state index contributed by atoms with van der Waals surface area (Å²) in [6, 6.07) is 0. The lowest BCUT2D eigenvalue weighted by molar-refractivity contribution is 1.11. The Bertz CT molecular complexity index is 6.85. The van der Waals surface area contributed by atoms with Crippen LogP contribution in [0.3, 0.4) is 0 Å². The van der Waals surface area contributed by atoms with Crippen LogP contribution in [0.1, 0.15) is 0 Å². The fourth-order valence-electron chi connectivity index (χ4n) is 0. The molecule has 0 radical (unpaired) electrons. The van der Waals surface area contributed by atoms with Gasteiger partial charge in [0.05, 0.1) is 0 Å². The van der Waals surface area contributed by atoms with Crippen molar-refractivity contribution >= 4 is 17.4 Å². The number of hydrogen-bond acceptors (Lipinski definition) is 1. The van der Waals surface area contributed by atoms with E-state index in [9.17, 15) is 0 Å². The fraction of sp³-hybridized carbons (Fsp3) is 0. The SMILES string of the molecule is F.F.F.N.[AlH3]. The van der Waals surface area contributed by atoms with Gasteiger partial charge in [-0.2, -0.15) is 0 Å². The van der Waals surface area contributed by atoms with Crippen LogP contribution in [0.15, 0.2) is 0 Å². The van der Waals surface area contributed by atoms with Crippen LogP contribution >= 0.6 is 0 Å². The van der Waals surface area contributed by atoms with Crippen LogP contribution < -0.4 is 6.15 Å². The molecule has 0 aliphatic carbocycles. The smallest absolute Gasteiger partial charge is 0.187 e. The Morgan fingerprint density at radius 2 is 0.600 bits per heavy atom. The molecule has 0 spiro atoms. The molecule has 0 heterocycles. The second kappa shape index (κ2) is 578. The molecule has 0 aromatic heterocycles. The molecule has 0 fully saturated rings. The molecule has 5 heteroatoms. The molecule has 0 aromatic carbocycles. The van der Waals surface area contributed by atoms with E-state index in [4.69, 9.17) is 0 Å². The summed E-state index contributed by atoms with van der Waals surface area (Å²) < 4.78 is 0. The van der Waals surface area contributed by atoms with Gasteiger partial charge in [0.25, 0.3) is 0 Å². The fourth-order valence-corrected chi connectivity index (χ4v) is 0. The molecule has 38 valence electrons. The van der Waals surface area contributed by atoms with E-state index in [1.165, 1.54) is 0 Å². The molecule has 5 heavy (non-hydrogen) atoms. The van der Waals surface area contributed by atoms with Gasteiger partial charge in [0.1, 0.15) is 0 Å². The highest BCUT2D eigenvalue weighted by Gasteiger charge is 0.187. The second-order valence-electron chi connectivity index (χ2n) is 0. The van der Waals surface area contributed by atoms with Crippen molar-refractivity contribution in [1.29, 1.82) is 0 Å². The second-order valence-corrected chi connectivity index (χ2v) is 0. The van der Waals surface area contributed by atoms with Gasteiger partial charge in [-0.3, -0.25) is 14.1 Å². The van der Waals surface area contributed by atoms with Crippen molar-refractivity contribution in [1.82, 2.24) is 6.15 Å². The minimum atomic E-state index is 0. The molecule has 0 unspecified atom stereocenters. The zero-order valence-electron chi connectivity index (χ0n) is 1.93. The first-order valence-electron chi connectivity index (χ1n) is 0. The Hall–Kier alpha value is 0.282. The molecule has 0 aromatic rings. The Labute approximate surface area is 38.6 Å². The van der Waals surface area contributed by atoms with Crippen molar-refractivity contribution in [3.63, 3.8) is 0 Å². The molecule has 1 nitrogen and oxygen atoms in total. The minimum Gasteiger partial charge on any atom is -0.344 e. The maximum Gasteiger partial charge on any atom is 0.187 e. The van der Waals surface area contributed by atoms with Crippen molar-refractivity contribution in [3.8, 4) is 0 Å². The molecule has 0 bridgehead atoms. The maximum atomic E-state index is 0. The van der Waals surface area contributed by atoms with E-state index in [-0.39, 0.29) is 37.6 Å². The normalized spacial score (nSPS) is 0. The van der Waals surface area contributed by atoms with Crippen LogP contribution in [-0.4, -0.2) is 17.4 Å². The highest BCUT2D eigenvalue weighted by molar-refractivity contribution is 5.75. The van der Waals surface area contributed by atoms with E-state index in [1.54, 1.807) is 0 Å². The summed E-state index contributed by atoms with van der Waals surface area (Å²) in [5.74, 6) is 0. The maximum absolute atomic E-state index is 0. The van der Waals surface area contributed by atoms with Gasteiger partial charge >= 0.3 is 0 Å². The predicted octanol–water partition coefficient (Wildman–Crippen LogP) is -0.564. The minimum absolute atomic E-state index is 0. The third kappa shape index (κ3) is 280. The van der Waals surface area contributed by atoms with Crippen LogP contribution in [-0.2, 0) is 0 Å². The lowest BCUT2D eigenvalue weighted by Crippen LogP contribution is -0.481. The van der Waals surface area contributed by atoms with Crippen LogP contribution in [0.25, 0.3) is 0 Å². The van der Waals surface area contributed by atoms with E-state index < -0.39 is 0 Å². The molecule has 0 saturated carbocycles. The first-order valence-corrected chi connectivity index (χ1v) is 0. The predicted molar refractivity (Wildman–Crippen MR) is 22.5 cm³/mol. The van der Waals surface area contributed by atoms with Gasteiger partial charge in [-0.25, -0.2) is 0 Å². The summed E-state index contributed by atoms with van der Waals surface area (Å²) in [4.78, 5) is 0. The quantitative estimate of drug-likeness (QED) is 0.413. The van der Waals surface area contributed by atoms with Gasteiger partial charge in [-0.05, 0) is 0 Å². The van der Waals surface area contributed by atoms with Crippen molar-refractivity contribution in [3.05, 3.63) is 0 Å².